The molecule has 1 aliphatic heterocycles. The number of halogens is 1. The summed E-state index contributed by atoms with van der Waals surface area (Å²) in [6.07, 6.45) is 1.51. The highest BCUT2D eigenvalue weighted by Crippen LogP contribution is 2.30. The summed E-state index contributed by atoms with van der Waals surface area (Å²) in [7, 11) is -4.01. The average molecular weight is 490 g/mol. The molecule has 2 heterocycles. The van der Waals surface area contributed by atoms with Gasteiger partial charge < -0.3 is 19.7 Å². The normalized spacial score (nSPS) is 16.1. The van der Waals surface area contributed by atoms with Gasteiger partial charge in [-0.3, -0.25) is 14.3 Å². The van der Waals surface area contributed by atoms with Crippen molar-refractivity contribution < 1.29 is 27.5 Å². The summed E-state index contributed by atoms with van der Waals surface area (Å²) in [6.45, 7) is 0.435. The quantitative estimate of drug-likeness (QED) is 0.436. The molecule has 1 atom stereocenters. The number of nitrogens with zero attached hydrogens (tertiary/aromatic N) is 1. The molecule has 0 radical (unpaired) electrons. The molecule has 1 aliphatic rings. The summed E-state index contributed by atoms with van der Waals surface area (Å²) in [5.41, 5.74) is 0.188. The fraction of sp³-hybridized carbons (Fsp3) is 0.182. The van der Waals surface area contributed by atoms with Crippen LogP contribution >= 0.6 is 11.6 Å². The van der Waals surface area contributed by atoms with Crippen molar-refractivity contribution in [2.24, 2.45) is 5.92 Å². The number of nitrogens with one attached hydrogen (secondary N) is 2. The zero-order valence-electron chi connectivity index (χ0n) is 17.2. The van der Waals surface area contributed by atoms with Crippen LogP contribution in [0.3, 0.4) is 0 Å². The number of phenols is 1. The fourth-order valence-corrected chi connectivity index (χ4v) is 4.74. The third kappa shape index (κ3) is 5.29. The minimum absolute atomic E-state index is 0.00160. The van der Waals surface area contributed by atoms with Crippen molar-refractivity contribution in [2.45, 2.75) is 17.9 Å². The third-order valence-corrected chi connectivity index (χ3v) is 6.74. The maximum atomic E-state index is 12.7. The molecule has 3 N–H and O–H groups in total. The van der Waals surface area contributed by atoms with E-state index in [2.05, 4.69) is 10.0 Å². The van der Waals surface area contributed by atoms with E-state index < -0.39 is 21.8 Å². The second kappa shape index (κ2) is 9.16. The molecule has 33 heavy (non-hydrogen) atoms. The number of rotatable bonds is 7. The molecule has 9 nitrogen and oxygen atoms in total. The monoisotopic (exact) mass is 489 g/mol. The van der Waals surface area contributed by atoms with Crippen molar-refractivity contribution in [1.29, 1.82) is 0 Å². The number of anilines is 2. The molecular formula is C22H20ClN3O6S. The van der Waals surface area contributed by atoms with Crippen LogP contribution in [0.5, 0.6) is 5.75 Å². The van der Waals surface area contributed by atoms with E-state index in [1.165, 1.54) is 35.4 Å². The predicted molar refractivity (Wildman–Crippen MR) is 121 cm³/mol. The number of sulfonamides is 1. The zero-order chi connectivity index (χ0) is 23.6. The Hall–Kier alpha value is -3.50. The Labute approximate surface area is 195 Å². The van der Waals surface area contributed by atoms with E-state index in [1.54, 1.807) is 24.3 Å². The highest BCUT2D eigenvalue weighted by molar-refractivity contribution is 7.92. The maximum absolute atomic E-state index is 12.7. The smallest absolute Gasteiger partial charge is 0.261 e. The van der Waals surface area contributed by atoms with Gasteiger partial charge in [-0.1, -0.05) is 17.7 Å². The molecule has 172 valence electrons. The highest BCUT2D eigenvalue weighted by Gasteiger charge is 2.35. The molecule has 1 fully saturated rings. The lowest BCUT2D eigenvalue weighted by atomic mass is 10.1. The second-order valence-corrected chi connectivity index (χ2v) is 9.66. The molecule has 0 saturated carbocycles. The van der Waals surface area contributed by atoms with Crippen molar-refractivity contribution in [1.82, 2.24) is 4.90 Å². The first-order chi connectivity index (χ1) is 15.7. The molecule has 4 rings (SSSR count). The second-order valence-electron chi connectivity index (χ2n) is 7.54. The number of carbonyl (C=O) groups excluding carboxylic acids is 2. The van der Waals surface area contributed by atoms with Gasteiger partial charge in [-0.2, -0.15) is 0 Å². The number of hydrogen-bond acceptors (Lipinski definition) is 6. The van der Waals surface area contributed by atoms with Gasteiger partial charge in [-0.25, -0.2) is 8.42 Å². The Bertz CT molecular complexity index is 1290. The van der Waals surface area contributed by atoms with Crippen LogP contribution in [0.2, 0.25) is 5.02 Å². The minimum Gasteiger partial charge on any atom is -0.506 e. The number of carbonyl (C=O) groups is 2. The Balaban J connectivity index is 1.46. The summed E-state index contributed by atoms with van der Waals surface area (Å²) in [4.78, 5) is 26.4. The summed E-state index contributed by atoms with van der Waals surface area (Å²) in [5, 5.41) is 13.1. The van der Waals surface area contributed by atoms with Gasteiger partial charge in [0, 0.05) is 18.0 Å². The molecule has 2 aromatic carbocycles. The summed E-state index contributed by atoms with van der Waals surface area (Å²) < 4.78 is 33.1. The van der Waals surface area contributed by atoms with Gasteiger partial charge in [0.15, 0.2) is 0 Å². The molecule has 2 amide bonds. The maximum Gasteiger partial charge on any atom is 0.261 e. The van der Waals surface area contributed by atoms with Crippen molar-refractivity contribution in [3.63, 3.8) is 0 Å². The van der Waals surface area contributed by atoms with Crippen LogP contribution < -0.4 is 10.0 Å². The first-order valence-electron chi connectivity index (χ1n) is 9.94. The van der Waals surface area contributed by atoms with E-state index in [1.807, 2.05) is 0 Å². The summed E-state index contributed by atoms with van der Waals surface area (Å²) in [6, 6.07) is 13.2. The molecule has 11 heteroatoms. The van der Waals surface area contributed by atoms with Crippen LogP contribution in [0, 0.1) is 5.92 Å². The van der Waals surface area contributed by atoms with E-state index in [9.17, 15) is 23.1 Å². The van der Waals surface area contributed by atoms with Gasteiger partial charge in [-0.15, -0.1) is 0 Å². The van der Waals surface area contributed by atoms with Crippen molar-refractivity contribution in [2.75, 3.05) is 16.6 Å². The topological polar surface area (TPSA) is 129 Å². The molecule has 1 unspecified atom stereocenters. The number of furan rings is 1. The van der Waals surface area contributed by atoms with Gasteiger partial charge in [0.25, 0.3) is 10.0 Å². The molecule has 1 saturated heterocycles. The van der Waals surface area contributed by atoms with E-state index in [4.69, 9.17) is 16.0 Å². The molecular weight excluding hydrogens is 470 g/mol. The van der Waals surface area contributed by atoms with E-state index in [-0.39, 0.29) is 47.4 Å². The van der Waals surface area contributed by atoms with Gasteiger partial charge >= 0.3 is 0 Å². The fourth-order valence-electron chi connectivity index (χ4n) is 3.47. The zero-order valence-corrected chi connectivity index (χ0v) is 18.8. The van der Waals surface area contributed by atoms with Gasteiger partial charge in [0.05, 0.1) is 35.0 Å². The largest absolute Gasteiger partial charge is 0.506 e. The summed E-state index contributed by atoms with van der Waals surface area (Å²) >= 11 is 5.90. The Morgan fingerprint density at radius 1 is 1.18 bits per heavy atom. The Morgan fingerprint density at radius 3 is 2.73 bits per heavy atom. The lowest BCUT2D eigenvalue weighted by Gasteiger charge is -2.16. The van der Waals surface area contributed by atoms with Crippen LogP contribution in [0.4, 0.5) is 11.4 Å². The number of hydrogen-bond donors (Lipinski definition) is 3. The average Bonchev–Trinajstić information content (AvgIpc) is 3.39. The minimum atomic E-state index is -4.01. The van der Waals surface area contributed by atoms with Crippen LogP contribution in [0.25, 0.3) is 0 Å². The molecule has 0 aliphatic carbocycles. The molecule has 1 aromatic heterocycles. The first-order valence-corrected chi connectivity index (χ1v) is 11.8. The highest BCUT2D eigenvalue weighted by atomic mass is 35.5. The van der Waals surface area contributed by atoms with Crippen LogP contribution in [0.1, 0.15) is 12.2 Å². The predicted octanol–water partition coefficient (Wildman–Crippen LogP) is 3.43. The first kappa shape index (κ1) is 22.7. The van der Waals surface area contributed by atoms with Gasteiger partial charge in [-0.05, 0) is 48.5 Å². The van der Waals surface area contributed by atoms with E-state index >= 15 is 0 Å². The van der Waals surface area contributed by atoms with Gasteiger partial charge in [0.1, 0.15) is 11.5 Å². The Morgan fingerprint density at radius 2 is 2.00 bits per heavy atom. The number of amides is 2. The standard InChI is InChI=1S/C22H20ClN3O6S/c23-15-3-1-4-16(10-15)25-33(30,31)18-6-7-20(27)19(11-18)24-22(29)14-9-21(28)26(12-14)13-17-5-2-8-32-17/h1-8,10-11,14,25,27H,9,12-13H2,(H,24,29). The molecule has 0 bridgehead atoms. The van der Waals surface area contributed by atoms with Crippen molar-refractivity contribution >= 4 is 44.8 Å². The van der Waals surface area contributed by atoms with Crippen LogP contribution in [-0.2, 0) is 26.2 Å². The molecule has 0 spiro atoms. The Kier molecular flexibility index (Phi) is 6.30. The molecule has 3 aromatic rings. The third-order valence-electron chi connectivity index (χ3n) is 5.13. The SMILES string of the molecule is O=C(Nc1cc(S(=O)(=O)Nc2cccc(Cl)c2)ccc1O)C1CC(=O)N(Cc2ccco2)C1. The lowest BCUT2D eigenvalue weighted by molar-refractivity contribution is -0.128. The van der Waals surface area contributed by atoms with E-state index in [0.29, 0.717) is 10.8 Å². The summed E-state index contributed by atoms with van der Waals surface area (Å²) in [5.74, 6) is -1.05. The number of phenolic OH excluding ortho intramolecular Hbond substituents is 1. The number of benzene rings is 2. The van der Waals surface area contributed by atoms with Gasteiger partial charge in [0.2, 0.25) is 11.8 Å². The van der Waals surface area contributed by atoms with Crippen molar-refractivity contribution in [3.05, 3.63) is 71.6 Å². The van der Waals surface area contributed by atoms with Crippen LogP contribution in [-0.4, -0.2) is 36.8 Å². The van der Waals surface area contributed by atoms with Crippen LogP contribution in [0.15, 0.2) is 70.2 Å². The number of likely N-dealkylation sites (tertiary alicyclic amines) is 1. The van der Waals surface area contributed by atoms with Crippen molar-refractivity contribution in [3.8, 4) is 5.75 Å². The van der Waals surface area contributed by atoms with E-state index in [0.717, 1.165) is 6.07 Å². The number of aromatic hydroxyl groups is 1. The lowest BCUT2D eigenvalue weighted by Crippen LogP contribution is -2.28.